The van der Waals surface area contributed by atoms with Crippen molar-refractivity contribution >= 4 is 6.29 Å². The molecule has 72 valence electrons. The van der Waals surface area contributed by atoms with Crippen molar-refractivity contribution in [2.45, 2.75) is 0 Å². The molecule has 0 radical (unpaired) electrons. The lowest BCUT2D eigenvalue weighted by Crippen LogP contribution is -1.97. The highest BCUT2D eigenvalue weighted by atomic mass is 16.1. The fourth-order valence-corrected chi connectivity index (χ4v) is 1.45. The summed E-state index contributed by atoms with van der Waals surface area (Å²) in [5.74, 6) is 0. The Morgan fingerprint density at radius 3 is 2.87 bits per heavy atom. The second-order valence-electron chi connectivity index (χ2n) is 3.08. The third-order valence-electron chi connectivity index (χ3n) is 2.15. The highest BCUT2D eigenvalue weighted by Gasteiger charge is 2.02. The highest BCUT2D eigenvalue weighted by Crippen LogP contribution is 2.12. The van der Waals surface area contributed by atoms with Crippen LogP contribution in [0.5, 0.6) is 0 Å². The summed E-state index contributed by atoms with van der Waals surface area (Å²) in [6, 6.07) is 12.7. The van der Waals surface area contributed by atoms with E-state index in [1.54, 1.807) is 41.1 Å². The molecule has 1 aromatic carbocycles. The molecule has 1 heterocycles. The van der Waals surface area contributed by atoms with Crippen molar-refractivity contribution in [2.24, 2.45) is 0 Å². The van der Waals surface area contributed by atoms with Gasteiger partial charge in [0, 0.05) is 11.9 Å². The lowest BCUT2D eigenvalue weighted by atomic mass is 10.2. The zero-order valence-corrected chi connectivity index (χ0v) is 7.92. The first-order valence-electron chi connectivity index (χ1n) is 4.48. The predicted molar refractivity (Wildman–Crippen MR) is 55.9 cm³/mol. The van der Waals surface area contributed by atoms with Crippen LogP contribution >= 0.6 is 0 Å². The largest absolute Gasteiger partial charge is 0.314 e. The average molecular weight is 196 g/mol. The van der Waals surface area contributed by atoms with E-state index in [0.717, 1.165) is 12.0 Å². The van der Waals surface area contributed by atoms with Gasteiger partial charge in [-0.3, -0.25) is 4.79 Å². The van der Waals surface area contributed by atoms with E-state index < -0.39 is 0 Å². The zero-order valence-electron chi connectivity index (χ0n) is 7.92. The van der Waals surface area contributed by atoms with Crippen molar-refractivity contribution in [1.82, 2.24) is 4.57 Å². The molecule has 0 aliphatic rings. The molecule has 3 nitrogen and oxygen atoms in total. The van der Waals surface area contributed by atoms with Crippen LogP contribution in [0, 0.1) is 11.3 Å². The number of nitrogens with zero attached hydrogens (tertiary/aromatic N) is 2. The van der Waals surface area contributed by atoms with E-state index >= 15 is 0 Å². The minimum atomic E-state index is 0.574. The molecule has 2 aromatic rings. The van der Waals surface area contributed by atoms with E-state index in [0.29, 0.717) is 11.3 Å². The molecule has 0 saturated carbocycles. The molecule has 3 heteroatoms. The molecule has 15 heavy (non-hydrogen) atoms. The molecule has 0 unspecified atom stereocenters. The molecule has 0 saturated heterocycles. The lowest BCUT2D eigenvalue weighted by molar-refractivity contribution is 0.111. The summed E-state index contributed by atoms with van der Waals surface area (Å²) in [5, 5.41) is 8.76. The van der Waals surface area contributed by atoms with Crippen LogP contribution in [0.1, 0.15) is 16.1 Å². The summed E-state index contributed by atoms with van der Waals surface area (Å²) in [5.41, 5.74) is 1.98. The van der Waals surface area contributed by atoms with Crippen LogP contribution in [-0.4, -0.2) is 10.9 Å². The van der Waals surface area contributed by atoms with Crippen molar-refractivity contribution in [3.63, 3.8) is 0 Å². The minimum absolute atomic E-state index is 0.574. The van der Waals surface area contributed by atoms with E-state index in [1.165, 1.54) is 0 Å². The fraction of sp³-hybridized carbons (Fsp3) is 0. The van der Waals surface area contributed by atoms with Crippen LogP contribution < -0.4 is 0 Å². The number of hydrogen-bond acceptors (Lipinski definition) is 2. The van der Waals surface area contributed by atoms with Crippen LogP contribution in [0.4, 0.5) is 0 Å². The Bertz CT molecular complexity index is 535. The molecule has 0 atom stereocenters. The summed E-state index contributed by atoms with van der Waals surface area (Å²) in [4.78, 5) is 10.7. The molecular weight excluding hydrogens is 188 g/mol. The number of carbonyl (C=O) groups excluding carboxylic acids is 1. The molecule has 0 aliphatic carbocycles. The third kappa shape index (κ3) is 1.65. The van der Waals surface area contributed by atoms with Gasteiger partial charge in [0.05, 0.1) is 17.3 Å². The summed E-state index contributed by atoms with van der Waals surface area (Å²) < 4.78 is 1.74. The Kier molecular flexibility index (Phi) is 2.34. The molecule has 0 spiro atoms. The Labute approximate surface area is 87.2 Å². The van der Waals surface area contributed by atoms with Gasteiger partial charge in [0.2, 0.25) is 0 Å². The normalized spacial score (nSPS) is 9.53. The monoisotopic (exact) mass is 196 g/mol. The number of rotatable bonds is 2. The second kappa shape index (κ2) is 3.81. The van der Waals surface area contributed by atoms with Gasteiger partial charge in [0.25, 0.3) is 0 Å². The molecule has 1 aromatic heterocycles. The molecule has 0 aliphatic heterocycles. The molecular formula is C12H8N2O. The fourth-order valence-electron chi connectivity index (χ4n) is 1.45. The highest BCUT2D eigenvalue weighted by molar-refractivity contribution is 5.73. The van der Waals surface area contributed by atoms with Gasteiger partial charge < -0.3 is 4.57 Å². The van der Waals surface area contributed by atoms with E-state index in [4.69, 9.17) is 5.26 Å². The van der Waals surface area contributed by atoms with Crippen LogP contribution in [0.3, 0.4) is 0 Å². The molecule has 0 bridgehead atoms. The third-order valence-corrected chi connectivity index (χ3v) is 2.15. The van der Waals surface area contributed by atoms with Gasteiger partial charge in [0.1, 0.15) is 0 Å². The van der Waals surface area contributed by atoms with Gasteiger partial charge in [-0.15, -0.1) is 0 Å². The molecule has 2 rings (SSSR count). The number of nitriles is 1. The van der Waals surface area contributed by atoms with Crippen molar-refractivity contribution in [3.8, 4) is 11.8 Å². The summed E-state index contributed by atoms with van der Waals surface area (Å²) in [6.07, 6.45) is 2.58. The lowest BCUT2D eigenvalue weighted by Gasteiger charge is -2.04. The first-order valence-corrected chi connectivity index (χ1v) is 4.48. The number of hydrogen-bond donors (Lipinski definition) is 0. The number of carbonyl (C=O) groups is 1. The van der Waals surface area contributed by atoms with Crippen molar-refractivity contribution in [1.29, 1.82) is 5.26 Å². The van der Waals surface area contributed by atoms with Gasteiger partial charge in [-0.25, -0.2) is 0 Å². The maximum Gasteiger partial charge on any atom is 0.166 e. The summed E-state index contributed by atoms with van der Waals surface area (Å²) >= 11 is 0. The average Bonchev–Trinajstić information content (AvgIpc) is 2.77. The van der Waals surface area contributed by atoms with Gasteiger partial charge >= 0.3 is 0 Å². The standard InChI is InChI=1S/C12H8N2O/c13-8-10-3-1-4-11(7-10)14-6-2-5-12(14)9-15/h1-7,9H. The Morgan fingerprint density at radius 2 is 2.13 bits per heavy atom. The van der Waals surface area contributed by atoms with Crippen LogP contribution in [0.15, 0.2) is 42.6 Å². The van der Waals surface area contributed by atoms with E-state index in [9.17, 15) is 4.79 Å². The van der Waals surface area contributed by atoms with Crippen molar-refractivity contribution in [2.75, 3.05) is 0 Å². The molecule has 0 fully saturated rings. The maximum atomic E-state index is 10.7. The number of benzene rings is 1. The topological polar surface area (TPSA) is 45.8 Å². The summed E-state index contributed by atoms with van der Waals surface area (Å²) in [7, 11) is 0. The van der Waals surface area contributed by atoms with Gasteiger partial charge in [-0.1, -0.05) is 6.07 Å². The number of aromatic nitrogens is 1. The number of aldehydes is 1. The van der Waals surface area contributed by atoms with E-state index in [-0.39, 0.29) is 0 Å². The Balaban J connectivity index is 2.54. The molecule has 0 amide bonds. The second-order valence-corrected chi connectivity index (χ2v) is 3.08. The smallest absolute Gasteiger partial charge is 0.166 e. The van der Waals surface area contributed by atoms with Gasteiger partial charge in [-0.05, 0) is 30.3 Å². The SMILES string of the molecule is N#Cc1cccc(-n2cccc2C=O)c1. The van der Waals surface area contributed by atoms with Crippen molar-refractivity contribution < 1.29 is 4.79 Å². The minimum Gasteiger partial charge on any atom is -0.314 e. The maximum absolute atomic E-state index is 10.7. The Morgan fingerprint density at radius 1 is 1.27 bits per heavy atom. The van der Waals surface area contributed by atoms with Gasteiger partial charge in [-0.2, -0.15) is 5.26 Å². The Hall–Kier alpha value is -2.34. The zero-order chi connectivity index (χ0) is 10.7. The van der Waals surface area contributed by atoms with Gasteiger partial charge in [0.15, 0.2) is 6.29 Å². The first kappa shape index (κ1) is 9.22. The van der Waals surface area contributed by atoms with E-state index in [1.807, 2.05) is 6.07 Å². The van der Waals surface area contributed by atoms with Crippen LogP contribution in [0.2, 0.25) is 0 Å². The predicted octanol–water partition coefficient (Wildman–Crippen LogP) is 2.16. The van der Waals surface area contributed by atoms with Crippen molar-refractivity contribution in [3.05, 3.63) is 53.9 Å². The summed E-state index contributed by atoms with van der Waals surface area (Å²) in [6.45, 7) is 0. The molecule has 0 N–H and O–H groups in total. The van der Waals surface area contributed by atoms with Crippen LogP contribution in [-0.2, 0) is 0 Å². The van der Waals surface area contributed by atoms with Crippen LogP contribution in [0.25, 0.3) is 5.69 Å². The quantitative estimate of drug-likeness (QED) is 0.691. The van der Waals surface area contributed by atoms with E-state index in [2.05, 4.69) is 6.07 Å². The first-order chi connectivity index (χ1) is 7.35.